The number of ether oxygens (including phenoxy) is 3. The topological polar surface area (TPSA) is 70.8 Å². The molecule has 0 atom stereocenters. The summed E-state index contributed by atoms with van der Waals surface area (Å²) >= 11 is 0. The molecule has 0 saturated heterocycles. The van der Waals surface area contributed by atoms with Crippen LogP contribution in [0.25, 0.3) is 6.08 Å². The fraction of sp³-hybridized carbons (Fsp3) is 0.429. The lowest BCUT2D eigenvalue weighted by atomic mass is 10.1. The Morgan fingerprint density at radius 1 is 1.05 bits per heavy atom. The molecule has 6 heteroatoms. The molecule has 6 nitrogen and oxygen atoms in total. The predicted octanol–water partition coefficient (Wildman–Crippen LogP) is 3.13. The maximum atomic E-state index is 10.5. The summed E-state index contributed by atoms with van der Waals surface area (Å²) in [7, 11) is 0. The molecule has 1 rings (SSSR count). The highest BCUT2D eigenvalue weighted by Crippen LogP contribution is 2.35. The molecular formula is C14H19NO5. The third-order valence-electron chi connectivity index (χ3n) is 2.35. The fourth-order valence-electron chi connectivity index (χ4n) is 1.68. The first-order valence-corrected chi connectivity index (χ1v) is 6.50. The molecule has 0 saturated carbocycles. The Balaban J connectivity index is 3.29. The Kier molecular flexibility index (Phi) is 6.36. The van der Waals surface area contributed by atoms with Gasteiger partial charge in [0.05, 0.1) is 30.3 Å². The summed E-state index contributed by atoms with van der Waals surface area (Å²) < 4.78 is 16.5. The van der Waals surface area contributed by atoms with Gasteiger partial charge in [-0.1, -0.05) is 0 Å². The Morgan fingerprint density at radius 3 is 1.95 bits per heavy atom. The molecule has 0 fully saturated rings. The van der Waals surface area contributed by atoms with Crippen LogP contribution in [0.1, 0.15) is 26.3 Å². The lowest BCUT2D eigenvalue weighted by molar-refractivity contribution is -0.400. The average molecular weight is 281 g/mol. The van der Waals surface area contributed by atoms with Crippen LogP contribution in [0.5, 0.6) is 17.2 Å². The molecule has 0 unspecified atom stereocenters. The lowest BCUT2D eigenvalue weighted by Gasteiger charge is -2.15. The van der Waals surface area contributed by atoms with Gasteiger partial charge in [0.2, 0.25) is 6.20 Å². The molecule has 0 spiro atoms. The first kappa shape index (κ1) is 15.8. The molecule has 0 aliphatic carbocycles. The van der Waals surface area contributed by atoms with E-state index in [1.165, 1.54) is 6.08 Å². The van der Waals surface area contributed by atoms with Crippen LogP contribution in [0, 0.1) is 10.1 Å². The molecule has 0 aromatic heterocycles. The van der Waals surface area contributed by atoms with Crippen LogP contribution in [0.15, 0.2) is 18.3 Å². The number of nitro groups is 1. The molecule has 20 heavy (non-hydrogen) atoms. The molecule has 1 aromatic rings. The van der Waals surface area contributed by atoms with Gasteiger partial charge in [0, 0.05) is 18.2 Å². The summed E-state index contributed by atoms with van der Waals surface area (Å²) in [5, 5.41) is 10.5. The SMILES string of the molecule is CCOc1cc(OCC)c(/C=C\[N+](=O)[O-])c(OCC)c1. The number of hydrogen-bond acceptors (Lipinski definition) is 5. The van der Waals surface area contributed by atoms with E-state index in [2.05, 4.69) is 0 Å². The Bertz CT molecular complexity index is 457. The van der Waals surface area contributed by atoms with Crippen LogP contribution in [0.3, 0.4) is 0 Å². The van der Waals surface area contributed by atoms with E-state index in [-0.39, 0.29) is 0 Å². The van der Waals surface area contributed by atoms with Crippen molar-refractivity contribution < 1.29 is 19.1 Å². The molecule has 0 amide bonds. The van der Waals surface area contributed by atoms with Crippen molar-refractivity contribution in [3.63, 3.8) is 0 Å². The highest BCUT2D eigenvalue weighted by Gasteiger charge is 2.13. The third-order valence-corrected chi connectivity index (χ3v) is 2.35. The van der Waals surface area contributed by atoms with Gasteiger partial charge in [-0.15, -0.1) is 0 Å². The van der Waals surface area contributed by atoms with E-state index < -0.39 is 4.92 Å². The quantitative estimate of drug-likeness (QED) is 0.540. The summed E-state index contributed by atoms with van der Waals surface area (Å²) in [4.78, 5) is 9.97. The first-order valence-electron chi connectivity index (χ1n) is 6.50. The van der Waals surface area contributed by atoms with Crippen molar-refractivity contribution in [2.24, 2.45) is 0 Å². The summed E-state index contributed by atoms with van der Waals surface area (Å²) in [6, 6.07) is 3.41. The molecule has 0 aliphatic heterocycles. The van der Waals surface area contributed by atoms with E-state index in [4.69, 9.17) is 14.2 Å². The van der Waals surface area contributed by atoms with Gasteiger partial charge < -0.3 is 14.2 Å². The largest absolute Gasteiger partial charge is 0.494 e. The minimum atomic E-state index is -0.526. The molecule has 0 N–H and O–H groups in total. The van der Waals surface area contributed by atoms with Crippen molar-refractivity contribution in [2.45, 2.75) is 20.8 Å². The number of nitrogens with zero attached hydrogens (tertiary/aromatic N) is 1. The number of hydrogen-bond donors (Lipinski definition) is 0. The fourth-order valence-corrected chi connectivity index (χ4v) is 1.68. The Labute approximate surface area is 118 Å². The van der Waals surface area contributed by atoms with E-state index in [0.29, 0.717) is 42.6 Å². The second kappa shape index (κ2) is 8.04. The summed E-state index contributed by atoms with van der Waals surface area (Å²) in [5.74, 6) is 1.61. The summed E-state index contributed by atoms with van der Waals surface area (Å²) in [6.45, 7) is 6.97. The Morgan fingerprint density at radius 2 is 1.55 bits per heavy atom. The molecule has 110 valence electrons. The normalized spacial score (nSPS) is 10.6. The zero-order valence-electron chi connectivity index (χ0n) is 11.9. The molecule has 0 heterocycles. The van der Waals surface area contributed by atoms with Gasteiger partial charge in [0.1, 0.15) is 17.2 Å². The molecule has 0 radical (unpaired) electrons. The number of benzene rings is 1. The summed E-state index contributed by atoms with van der Waals surface area (Å²) in [6.07, 6.45) is 2.23. The maximum absolute atomic E-state index is 10.5. The van der Waals surface area contributed by atoms with Crippen molar-refractivity contribution in [2.75, 3.05) is 19.8 Å². The molecular weight excluding hydrogens is 262 g/mol. The highest BCUT2D eigenvalue weighted by atomic mass is 16.6. The zero-order chi connectivity index (χ0) is 15.0. The van der Waals surface area contributed by atoms with Crippen LogP contribution in [0.4, 0.5) is 0 Å². The highest BCUT2D eigenvalue weighted by molar-refractivity contribution is 5.66. The second-order valence-corrected chi connectivity index (χ2v) is 3.73. The van der Waals surface area contributed by atoms with Crippen LogP contribution in [-0.4, -0.2) is 24.7 Å². The van der Waals surface area contributed by atoms with Crippen molar-refractivity contribution in [3.8, 4) is 17.2 Å². The van der Waals surface area contributed by atoms with Gasteiger partial charge in [-0.25, -0.2) is 0 Å². The van der Waals surface area contributed by atoms with Crippen molar-refractivity contribution in [1.29, 1.82) is 0 Å². The minimum Gasteiger partial charge on any atom is -0.494 e. The van der Waals surface area contributed by atoms with Crippen molar-refractivity contribution in [3.05, 3.63) is 34.0 Å². The van der Waals surface area contributed by atoms with Gasteiger partial charge in [-0.05, 0) is 20.8 Å². The van der Waals surface area contributed by atoms with Crippen molar-refractivity contribution >= 4 is 6.08 Å². The zero-order valence-corrected chi connectivity index (χ0v) is 11.9. The van der Waals surface area contributed by atoms with E-state index in [9.17, 15) is 10.1 Å². The standard InChI is InChI=1S/C14H19NO5/c1-4-18-11-9-13(19-5-2)12(7-8-15(16)17)14(10-11)20-6-3/h7-10H,4-6H2,1-3H3/b8-7-. The van der Waals surface area contributed by atoms with Gasteiger partial charge in [0.15, 0.2) is 0 Å². The van der Waals surface area contributed by atoms with E-state index in [0.717, 1.165) is 6.20 Å². The van der Waals surface area contributed by atoms with E-state index in [1.807, 2.05) is 20.8 Å². The second-order valence-electron chi connectivity index (χ2n) is 3.73. The Hall–Kier alpha value is -2.24. The molecule has 1 aromatic carbocycles. The van der Waals surface area contributed by atoms with Crippen LogP contribution in [0.2, 0.25) is 0 Å². The molecule has 0 aliphatic rings. The van der Waals surface area contributed by atoms with Crippen LogP contribution >= 0.6 is 0 Å². The first-order chi connectivity index (χ1) is 9.62. The lowest BCUT2D eigenvalue weighted by Crippen LogP contribution is -2.01. The smallest absolute Gasteiger partial charge is 0.235 e. The van der Waals surface area contributed by atoms with Gasteiger partial charge in [-0.2, -0.15) is 0 Å². The monoisotopic (exact) mass is 281 g/mol. The number of rotatable bonds is 8. The third kappa shape index (κ3) is 4.46. The average Bonchev–Trinajstić information content (AvgIpc) is 2.38. The van der Waals surface area contributed by atoms with Crippen LogP contribution < -0.4 is 14.2 Å². The predicted molar refractivity (Wildman–Crippen MR) is 76.0 cm³/mol. The van der Waals surface area contributed by atoms with E-state index in [1.54, 1.807) is 12.1 Å². The molecule has 0 bridgehead atoms. The van der Waals surface area contributed by atoms with Gasteiger partial charge >= 0.3 is 0 Å². The van der Waals surface area contributed by atoms with E-state index >= 15 is 0 Å². The maximum Gasteiger partial charge on any atom is 0.235 e. The van der Waals surface area contributed by atoms with Gasteiger partial charge in [-0.3, -0.25) is 10.1 Å². The summed E-state index contributed by atoms with van der Waals surface area (Å²) in [5.41, 5.74) is 0.536. The van der Waals surface area contributed by atoms with Gasteiger partial charge in [0.25, 0.3) is 0 Å². The van der Waals surface area contributed by atoms with Crippen LogP contribution in [-0.2, 0) is 0 Å². The van der Waals surface area contributed by atoms with Crippen molar-refractivity contribution in [1.82, 2.24) is 0 Å². The minimum absolute atomic E-state index is 0.445.